The van der Waals surface area contributed by atoms with E-state index >= 15 is 0 Å². The molecular weight excluding hydrogens is 356 g/mol. The standard InChI is InChI=1S/C22H24N2O2S/c1-15-6-5-7-18(14-15)26-16(2)22(25)24-12-10-17(11-13-24)21-23-19-8-3-4-9-20(19)27-21/h3-9,14,16-17H,10-13H2,1-2H3. The highest BCUT2D eigenvalue weighted by Crippen LogP contribution is 2.34. The molecule has 0 saturated carbocycles. The van der Waals surface area contributed by atoms with Crippen molar-refractivity contribution in [2.75, 3.05) is 13.1 Å². The Morgan fingerprint density at radius 1 is 1.19 bits per heavy atom. The first kappa shape index (κ1) is 18.0. The number of thiazole rings is 1. The summed E-state index contributed by atoms with van der Waals surface area (Å²) in [6, 6.07) is 16.1. The molecule has 140 valence electrons. The highest BCUT2D eigenvalue weighted by Gasteiger charge is 2.29. The molecule has 0 aliphatic carbocycles. The second kappa shape index (κ2) is 7.69. The van der Waals surface area contributed by atoms with Gasteiger partial charge in [-0.25, -0.2) is 4.98 Å². The number of aromatic nitrogens is 1. The van der Waals surface area contributed by atoms with Gasteiger partial charge in [0.25, 0.3) is 5.91 Å². The first-order valence-corrected chi connectivity index (χ1v) is 10.3. The molecule has 1 aromatic heterocycles. The smallest absolute Gasteiger partial charge is 0.263 e. The third kappa shape index (κ3) is 3.98. The fraction of sp³-hybridized carbons (Fsp3) is 0.364. The first-order chi connectivity index (χ1) is 13.1. The normalized spacial score (nSPS) is 16.4. The number of benzene rings is 2. The number of hydrogen-bond donors (Lipinski definition) is 0. The van der Waals surface area contributed by atoms with E-state index in [0.29, 0.717) is 5.92 Å². The van der Waals surface area contributed by atoms with Crippen LogP contribution in [0.5, 0.6) is 5.75 Å². The Balaban J connectivity index is 1.36. The largest absolute Gasteiger partial charge is 0.481 e. The molecule has 1 unspecified atom stereocenters. The number of fused-ring (bicyclic) bond motifs is 1. The monoisotopic (exact) mass is 380 g/mol. The lowest BCUT2D eigenvalue weighted by atomic mass is 9.97. The van der Waals surface area contributed by atoms with Gasteiger partial charge in [-0.1, -0.05) is 24.3 Å². The first-order valence-electron chi connectivity index (χ1n) is 9.48. The van der Waals surface area contributed by atoms with Crippen LogP contribution in [-0.4, -0.2) is 35.0 Å². The lowest BCUT2D eigenvalue weighted by Crippen LogP contribution is -2.44. The van der Waals surface area contributed by atoms with Crippen LogP contribution in [-0.2, 0) is 4.79 Å². The molecule has 2 aromatic carbocycles. The van der Waals surface area contributed by atoms with Crippen LogP contribution in [0.3, 0.4) is 0 Å². The van der Waals surface area contributed by atoms with Gasteiger partial charge in [-0.2, -0.15) is 0 Å². The van der Waals surface area contributed by atoms with Gasteiger partial charge < -0.3 is 9.64 Å². The van der Waals surface area contributed by atoms with Gasteiger partial charge in [-0.05, 0) is 56.5 Å². The van der Waals surface area contributed by atoms with Crippen LogP contribution in [0, 0.1) is 6.92 Å². The van der Waals surface area contributed by atoms with Crippen molar-refractivity contribution in [3.63, 3.8) is 0 Å². The molecule has 27 heavy (non-hydrogen) atoms. The summed E-state index contributed by atoms with van der Waals surface area (Å²) in [4.78, 5) is 19.5. The van der Waals surface area contributed by atoms with Gasteiger partial charge in [0.15, 0.2) is 6.10 Å². The number of carbonyl (C=O) groups excluding carboxylic acids is 1. The summed E-state index contributed by atoms with van der Waals surface area (Å²) < 4.78 is 7.10. The van der Waals surface area contributed by atoms with Crippen LogP contribution in [0.1, 0.15) is 36.3 Å². The van der Waals surface area contributed by atoms with Crippen LogP contribution in [0.25, 0.3) is 10.2 Å². The summed E-state index contributed by atoms with van der Waals surface area (Å²) >= 11 is 1.78. The number of hydrogen-bond acceptors (Lipinski definition) is 4. The Morgan fingerprint density at radius 3 is 2.70 bits per heavy atom. The van der Waals surface area contributed by atoms with Crippen molar-refractivity contribution in [2.45, 2.75) is 38.7 Å². The minimum atomic E-state index is -0.467. The topological polar surface area (TPSA) is 42.4 Å². The minimum absolute atomic E-state index is 0.0688. The quantitative estimate of drug-likeness (QED) is 0.654. The molecule has 0 radical (unpaired) electrons. The van der Waals surface area contributed by atoms with Gasteiger partial charge in [0.05, 0.1) is 15.2 Å². The molecule has 2 heterocycles. The number of ether oxygens (including phenoxy) is 1. The van der Waals surface area contributed by atoms with E-state index in [-0.39, 0.29) is 5.91 Å². The molecule has 5 heteroatoms. The lowest BCUT2D eigenvalue weighted by molar-refractivity contribution is -0.139. The van der Waals surface area contributed by atoms with Crippen molar-refractivity contribution in [1.29, 1.82) is 0 Å². The summed E-state index contributed by atoms with van der Waals surface area (Å²) in [5, 5.41) is 1.20. The van der Waals surface area contributed by atoms with E-state index in [1.54, 1.807) is 11.3 Å². The Morgan fingerprint density at radius 2 is 1.96 bits per heavy atom. The maximum absolute atomic E-state index is 12.8. The number of likely N-dealkylation sites (tertiary alicyclic amines) is 1. The van der Waals surface area contributed by atoms with Crippen molar-refractivity contribution in [1.82, 2.24) is 9.88 Å². The number of amides is 1. The minimum Gasteiger partial charge on any atom is -0.481 e. The summed E-state index contributed by atoms with van der Waals surface area (Å²) in [5.74, 6) is 1.26. The van der Waals surface area contributed by atoms with Crippen molar-refractivity contribution in [2.24, 2.45) is 0 Å². The van der Waals surface area contributed by atoms with Gasteiger partial charge in [0, 0.05) is 19.0 Å². The van der Waals surface area contributed by atoms with Gasteiger partial charge in [-0.15, -0.1) is 11.3 Å². The van der Waals surface area contributed by atoms with E-state index < -0.39 is 6.10 Å². The maximum atomic E-state index is 12.8. The Hall–Kier alpha value is -2.40. The number of rotatable bonds is 4. The number of aryl methyl sites for hydroxylation is 1. The van der Waals surface area contributed by atoms with Gasteiger partial charge in [0.1, 0.15) is 5.75 Å². The molecule has 0 N–H and O–H groups in total. The molecule has 1 amide bonds. The third-order valence-corrected chi connectivity index (χ3v) is 6.32. The van der Waals surface area contributed by atoms with E-state index in [9.17, 15) is 4.79 Å². The van der Waals surface area contributed by atoms with Crippen molar-refractivity contribution < 1.29 is 9.53 Å². The maximum Gasteiger partial charge on any atom is 0.263 e. The second-order valence-electron chi connectivity index (χ2n) is 7.20. The summed E-state index contributed by atoms with van der Waals surface area (Å²) in [6.45, 7) is 5.39. The summed E-state index contributed by atoms with van der Waals surface area (Å²) in [6.07, 6.45) is 1.46. The molecule has 0 spiro atoms. The van der Waals surface area contributed by atoms with Crippen molar-refractivity contribution in [3.8, 4) is 5.75 Å². The zero-order chi connectivity index (χ0) is 18.8. The predicted octanol–water partition coefficient (Wildman–Crippen LogP) is 4.78. The molecule has 4 rings (SSSR count). The van der Waals surface area contributed by atoms with Crippen LogP contribution >= 0.6 is 11.3 Å². The molecule has 3 aromatic rings. The van der Waals surface area contributed by atoms with E-state index in [0.717, 1.165) is 42.8 Å². The SMILES string of the molecule is Cc1cccc(OC(C)C(=O)N2CCC(c3nc4ccccc4s3)CC2)c1. The zero-order valence-corrected chi connectivity index (χ0v) is 16.5. The Bertz CT molecular complexity index is 911. The van der Waals surface area contributed by atoms with E-state index in [1.807, 2.05) is 49.1 Å². The molecule has 1 fully saturated rings. The molecule has 1 atom stereocenters. The van der Waals surface area contributed by atoms with Crippen LogP contribution in [0.2, 0.25) is 0 Å². The third-order valence-electron chi connectivity index (χ3n) is 5.12. The van der Waals surface area contributed by atoms with E-state index in [2.05, 4.69) is 18.2 Å². The lowest BCUT2D eigenvalue weighted by Gasteiger charge is -2.32. The molecule has 1 aliphatic heterocycles. The van der Waals surface area contributed by atoms with Crippen LogP contribution < -0.4 is 4.74 Å². The Labute approximate surface area is 163 Å². The predicted molar refractivity (Wildman–Crippen MR) is 109 cm³/mol. The molecule has 0 bridgehead atoms. The van der Waals surface area contributed by atoms with Crippen LogP contribution in [0.15, 0.2) is 48.5 Å². The molecule has 4 nitrogen and oxygen atoms in total. The number of para-hydroxylation sites is 1. The average Bonchev–Trinajstić information content (AvgIpc) is 3.12. The highest BCUT2D eigenvalue weighted by molar-refractivity contribution is 7.18. The van der Waals surface area contributed by atoms with E-state index in [4.69, 9.17) is 9.72 Å². The van der Waals surface area contributed by atoms with Gasteiger partial charge >= 0.3 is 0 Å². The van der Waals surface area contributed by atoms with E-state index in [1.165, 1.54) is 9.71 Å². The fourth-order valence-corrected chi connectivity index (χ4v) is 4.75. The number of nitrogens with zero attached hydrogens (tertiary/aromatic N) is 2. The second-order valence-corrected chi connectivity index (χ2v) is 8.26. The molecular formula is C22H24N2O2S. The molecule has 1 saturated heterocycles. The number of piperidine rings is 1. The summed E-state index contributed by atoms with van der Waals surface area (Å²) in [5.41, 5.74) is 2.21. The van der Waals surface area contributed by atoms with Crippen molar-refractivity contribution >= 4 is 27.5 Å². The van der Waals surface area contributed by atoms with Crippen LogP contribution in [0.4, 0.5) is 0 Å². The summed E-state index contributed by atoms with van der Waals surface area (Å²) in [7, 11) is 0. The van der Waals surface area contributed by atoms with Crippen molar-refractivity contribution in [3.05, 3.63) is 59.1 Å². The average molecular weight is 381 g/mol. The zero-order valence-electron chi connectivity index (χ0n) is 15.7. The molecule has 1 aliphatic rings. The van der Waals surface area contributed by atoms with Gasteiger partial charge in [0.2, 0.25) is 0 Å². The highest BCUT2D eigenvalue weighted by atomic mass is 32.1. The number of carbonyl (C=O) groups is 1. The van der Waals surface area contributed by atoms with Gasteiger partial charge in [-0.3, -0.25) is 4.79 Å². The Kier molecular flexibility index (Phi) is 5.12. The fourth-order valence-electron chi connectivity index (χ4n) is 3.61.